The van der Waals surface area contributed by atoms with Crippen LogP contribution in [0.5, 0.6) is 0 Å². The van der Waals surface area contributed by atoms with Crippen LogP contribution in [-0.4, -0.2) is 17.4 Å². The summed E-state index contributed by atoms with van der Waals surface area (Å²) >= 11 is 4.30. The van der Waals surface area contributed by atoms with E-state index in [0.717, 1.165) is 19.3 Å². The van der Waals surface area contributed by atoms with E-state index in [2.05, 4.69) is 12.6 Å². The average Bonchev–Trinajstić information content (AvgIpc) is 1.93. The Morgan fingerprint density at radius 1 is 1.45 bits per heavy atom. The summed E-state index contributed by atoms with van der Waals surface area (Å²) in [5, 5.41) is 0.177. The zero-order valence-corrected chi connectivity index (χ0v) is 7.22. The van der Waals surface area contributed by atoms with Crippen molar-refractivity contribution in [2.24, 2.45) is 5.73 Å². The molecule has 3 nitrogen and oxygen atoms in total. The summed E-state index contributed by atoms with van der Waals surface area (Å²) in [4.78, 5) is 10.4. The molecule has 2 unspecified atom stereocenters. The van der Waals surface area contributed by atoms with Crippen LogP contribution in [0.2, 0.25) is 0 Å². The minimum atomic E-state index is -0.684. The Morgan fingerprint density at radius 3 is 2.64 bits per heavy atom. The van der Waals surface area contributed by atoms with Crippen molar-refractivity contribution in [3.63, 3.8) is 0 Å². The van der Waals surface area contributed by atoms with Crippen molar-refractivity contribution >= 4 is 18.7 Å². The summed E-state index contributed by atoms with van der Waals surface area (Å²) in [5.41, 5.74) is 4.89. The highest BCUT2D eigenvalue weighted by molar-refractivity contribution is 7.81. The third-order valence-electron chi connectivity index (χ3n) is 1.94. The second-order valence-corrected chi connectivity index (χ2v) is 3.49. The van der Waals surface area contributed by atoms with Gasteiger partial charge in [-0.3, -0.25) is 0 Å². The predicted molar refractivity (Wildman–Crippen MR) is 45.7 cm³/mol. The van der Waals surface area contributed by atoms with Gasteiger partial charge in [0.15, 0.2) is 0 Å². The fraction of sp³-hybridized carbons (Fsp3) is 0.857. The molecular formula is C7H13NO2S. The maximum Gasteiger partial charge on any atom is 0.404 e. The molecule has 0 bridgehead atoms. The van der Waals surface area contributed by atoms with Crippen LogP contribution >= 0.6 is 12.6 Å². The Hall–Kier alpha value is -0.380. The molecule has 0 saturated heterocycles. The minimum Gasteiger partial charge on any atom is -0.445 e. The number of thiol groups is 1. The lowest BCUT2D eigenvalue weighted by Gasteiger charge is -2.26. The van der Waals surface area contributed by atoms with Gasteiger partial charge in [-0.1, -0.05) is 6.42 Å². The van der Waals surface area contributed by atoms with Gasteiger partial charge in [0.2, 0.25) is 0 Å². The number of hydrogen-bond donors (Lipinski definition) is 2. The molecule has 1 aliphatic carbocycles. The molecule has 4 heteroatoms. The molecule has 0 aliphatic heterocycles. The van der Waals surface area contributed by atoms with Gasteiger partial charge in [0.05, 0.1) is 0 Å². The van der Waals surface area contributed by atoms with Crippen LogP contribution in [0.1, 0.15) is 25.7 Å². The molecule has 0 aromatic rings. The molecule has 1 rings (SSSR count). The van der Waals surface area contributed by atoms with Gasteiger partial charge in [-0.05, 0) is 19.3 Å². The summed E-state index contributed by atoms with van der Waals surface area (Å²) < 4.78 is 4.87. The molecular weight excluding hydrogens is 162 g/mol. The van der Waals surface area contributed by atoms with Crippen molar-refractivity contribution in [2.45, 2.75) is 37.0 Å². The van der Waals surface area contributed by atoms with Crippen molar-refractivity contribution in [2.75, 3.05) is 0 Å². The molecule has 2 N–H and O–H groups in total. The van der Waals surface area contributed by atoms with Crippen molar-refractivity contribution in [1.82, 2.24) is 0 Å². The first-order valence-corrected chi connectivity index (χ1v) is 4.36. The first-order chi connectivity index (χ1) is 5.20. The summed E-state index contributed by atoms with van der Waals surface area (Å²) in [6, 6.07) is 0. The average molecular weight is 175 g/mol. The van der Waals surface area contributed by atoms with Gasteiger partial charge in [-0.2, -0.15) is 12.6 Å². The number of carbonyl (C=O) groups is 1. The van der Waals surface area contributed by atoms with Crippen LogP contribution in [-0.2, 0) is 4.74 Å². The third kappa shape index (κ3) is 2.61. The number of hydrogen-bond acceptors (Lipinski definition) is 3. The van der Waals surface area contributed by atoms with Crippen molar-refractivity contribution in [3.05, 3.63) is 0 Å². The van der Waals surface area contributed by atoms with E-state index in [1.165, 1.54) is 6.42 Å². The monoisotopic (exact) mass is 175 g/mol. The summed E-state index contributed by atoms with van der Waals surface area (Å²) in [5.74, 6) is 0. The van der Waals surface area contributed by atoms with Crippen molar-refractivity contribution < 1.29 is 9.53 Å². The fourth-order valence-electron chi connectivity index (χ4n) is 1.36. The van der Waals surface area contributed by atoms with Gasteiger partial charge in [0.25, 0.3) is 0 Å². The standard InChI is InChI=1S/C7H13NO2S/c8-7(9)10-5-3-1-2-4-6(5)11/h5-6,11H,1-4H2,(H2,8,9). The van der Waals surface area contributed by atoms with Gasteiger partial charge in [0.1, 0.15) is 6.10 Å². The minimum absolute atomic E-state index is 0.0652. The Bertz CT molecular complexity index is 151. The maximum absolute atomic E-state index is 10.4. The van der Waals surface area contributed by atoms with E-state index >= 15 is 0 Å². The molecule has 0 aromatic carbocycles. The first-order valence-electron chi connectivity index (χ1n) is 3.84. The van der Waals surface area contributed by atoms with E-state index in [9.17, 15) is 4.79 Å². The summed E-state index contributed by atoms with van der Waals surface area (Å²) in [6.45, 7) is 0. The summed E-state index contributed by atoms with van der Waals surface area (Å²) in [6.07, 6.45) is 3.44. The quantitative estimate of drug-likeness (QED) is 0.590. The lowest BCUT2D eigenvalue weighted by Crippen LogP contribution is -2.32. The smallest absolute Gasteiger partial charge is 0.404 e. The molecule has 0 spiro atoms. The van der Waals surface area contributed by atoms with Crippen LogP contribution in [0.15, 0.2) is 0 Å². The van der Waals surface area contributed by atoms with E-state index in [1.807, 2.05) is 0 Å². The van der Waals surface area contributed by atoms with Crippen molar-refractivity contribution in [3.8, 4) is 0 Å². The molecule has 1 amide bonds. The predicted octanol–water partition coefficient (Wildman–Crippen LogP) is 1.32. The van der Waals surface area contributed by atoms with E-state index in [0.29, 0.717) is 0 Å². The molecule has 1 saturated carbocycles. The number of rotatable bonds is 1. The number of ether oxygens (including phenoxy) is 1. The first kappa shape index (κ1) is 8.71. The van der Waals surface area contributed by atoms with Crippen molar-refractivity contribution in [1.29, 1.82) is 0 Å². The second kappa shape index (κ2) is 3.85. The number of primary amides is 1. The van der Waals surface area contributed by atoms with Gasteiger partial charge in [-0.15, -0.1) is 0 Å². The third-order valence-corrected chi connectivity index (χ3v) is 2.53. The molecule has 1 aliphatic rings. The lowest BCUT2D eigenvalue weighted by molar-refractivity contribution is 0.0873. The van der Waals surface area contributed by atoms with E-state index in [1.54, 1.807) is 0 Å². The number of nitrogens with two attached hydrogens (primary N) is 1. The molecule has 1 fully saturated rings. The molecule has 0 heterocycles. The van der Waals surface area contributed by atoms with E-state index < -0.39 is 6.09 Å². The van der Waals surface area contributed by atoms with Gasteiger partial charge < -0.3 is 10.5 Å². The van der Waals surface area contributed by atoms with E-state index in [4.69, 9.17) is 10.5 Å². The van der Waals surface area contributed by atoms with Crippen LogP contribution in [0.25, 0.3) is 0 Å². The van der Waals surface area contributed by atoms with Crippen LogP contribution in [0, 0.1) is 0 Å². The zero-order valence-electron chi connectivity index (χ0n) is 6.32. The van der Waals surface area contributed by atoms with Crippen LogP contribution in [0.3, 0.4) is 0 Å². The highest BCUT2D eigenvalue weighted by atomic mass is 32.1. The Labute approximate surface area is 71.7 Å². The van der Waals surface area contributed by atoms with Crippen LogP contribution < -0.4 is 5.73 Å². The lowest BCUT2D eigenvalue weighted by atomic mass is 9.97. The molecule has 0 radical (unpaired) electrons. The molecule has 2 atom stereocenters. The Balaban J connectivity index is 2.35. The Kier molecular flexibility index (Phi) is 3.05. The maximum atomic E-state index is 10.4. The second-order valence-electron chi connectivity index (χ2n) is 2.83. The molecule has 64 valence electrons. The highest BCUT2D eigenvalue weighted by Gasteiger charge is 2.24. The Morgan fingerprint density at radius 2 is 2.09 bits per heavy atom. The van der Waals surface area contributed by atoms with E-state index in [-0.39, 0.29) is 11.4 Å². The topological polar surface area (TPSA) is 52.3 Å². The molecule has 0 aromatic heterocycles. The van der Waals surface area contributed by atoms with Gasteiger partial charge >= 0.3 is 6.09 Å². The summed E-state index contributed by atoms with van der Waals surface area (Å²) in [7, 11) is 0. The normalized spacial score (nSPS) is 31.4. The number of carbonyl (C=O) groups excluding carboxylic acids is 1. The van der Waals surface area contributed by atoms with Gasteiger partial charge in [0, 0.05) is 5.25 Å². The SMILES string of the molecule is NC(=O)OC1CCCCC1S. The van der Waals surface area contributed by atoms with Gasteiger partial charge in [-0.25, -0.2) is 4.79 Å². The van der Waals surface area contributed by atoms with Crippen LogP contribution in [0.4, 0.5) is 4.79 Å². The fourth-order valence-corrected chi connectivity index (χ4v) is 1.76. The zero-order chi connectivity index (χ0) is 8.27. The number of amides is 1. The highest BCUT2D eigenvalue weighted by Crippen LogP contribution is 2.24. The molecule has 11 heavy (non-hydrogen) atoms. The largest absolute Gasteiger partial charge is 0.445 e.